The largest absolute Gasteiger partial charge is 0.495 e. The molecule has 0 atom stereocenters. The molecule has 0 unspecified atom stereocenters. The molecule has 0 radical (unpaired) electrons. The molecule has 0 heterocycles. The molecule has 18 heavy (non-hydrogen) atoms. The van der Waals surface area contributed by atoms with E-state index in [9.17, 15) is 4.79 Å². The Bertz CT molecular complexity index is 403. The van der Waals surface area contributed by atoms with Crippen LogP contribution in [0.4, 0.5) is 11.4 Å². The number of benzene rings is 1. The van der Waals surface area contributed by atoms with E-state index in [0.29, 0.717) is 24.5 Å². The highest BCUT2D eigenvalue weighted by molar-refractivity contribution is 5.81. The predicted molar refractivity (Wildman–Crippen MR) is 73.8 cm³/mol. The second-order valence-corrected chi connectivity index (χ2v) is 3.88. The number of nitrogen functional groups attached to an aromatic ring is 1. The van der Waals surface area contributed by atoms with Gasteiger partial charge in [-0.25, -0.2) is 0 Å². The van der Waals surface area contributed by atoms with E-state index in [1.54, 1.807) is 30.2 Å². The number of amides is 1. The first-order valence-corrected chi connectivity index (χ1v) is 6.07. The van der Waals surface area contributed by atoms with E-state index in [1.165, 1.54) is 0 Å². The summed E-state index contributed by atoms with van der Waals surface area (Å²) in [6, 6.07) is 5.30. The highest BCUT2D eigenvalue weighted by Crippen LogP contribution is 2.26. The van der Waals surface area contributed by atoms with Crippen molar-refractivity contribution in [2.45, 2.75) is 13.8 Å². The van der Waals surface area contributed by atoms with Crippen LogP contribution < -0.4 is 15.8 Å². The van der Waals surface area contributed by atoms with Crippen molar-refractivity contribution in [1.82, 2.24) is 4.90 Å². The quantitative estimate of drug-likeness (QED) is 0.753. The molecule has 0 aromatic heterocycles. The Kier molecular flexibility index (Phi) is 5.30. The van der Waals surface area contributed by atoms with Gasteiger partial charge in [-0.2, -0.15) is 0 Å². The Morgan fingerprint density at radius 3 is 2.61 bits per heavy atom. The first-order chi connectivity index (χ1) is 8.62. The number of hydrogen-bond acceptors (Lipinski definition) is 4. The molecule has 0 aliphatic heterocycles. The van der Waals surface area contributed by atoms with Crippen molar-refractivity contribution in [2.75, 3.05) is 37.8 Å². The molecule has 5 nitrogen and oxygen atoms in total. The van der Waals surface area contributed by atoms with Gasteiger partial charge in [0.05, 0.1) is 19.3 Å². The van der Waals surface area contributed by atoms with Crippen molar-refractivity contribution in [3.63, 3.8) is 0 Å². The van der Waals surface area contributed by atoms with E-state index in [-0.39, 0.29) is 12.5 Å². The van der Waals surface area contributed by atoms with Crippen LogP contribution >= 0.6 is 0 Å². The van der Waals surface area contributed by atoms with Crippen LogP contribution in [-0.2, 0) is 4.79 Å². The normalized spacial score (nSPS) is 9.94. The zero-order valence-corrected chi connectivity index (χ0v) is 11.2. The van der Waals surface area contributed by atoms with Crippen molar-refractivity contribution < 1.29 is 9.53 Å². The van der Waals surface area contributed by atoms with E-state index in [2.05, 4.69) is 5.32 Å². The van der Waals surface area contributed by atoms with Crippen molar-refractivity contribution in [3.8, 4) is 5.75 Å². The molecule has 1 amide bonds. The average molecular weight is 251 g/mol. The van der Waals surface area contributed by atoms with Gasteiger partial charge in [0.15, 0.2) is 0 Å². The van der Waals surface area contributed by atoms with Gasteiger partial charge in [-0.3, -0.25) is 4.79 Å². The van der Waals surface area contributed by atoms with Crippen LogP contribution in [0.3, 0.4) is 0 Å². The highest BCUT2D eigenvalue weighted by atomic mass is 16.5. The second kappa shape index (κ2) is 6.74. The molecule has 1 aromatic carbocycles. The number of nitrogens with one attached hydrogen (secondary N) is 1. The summed E-state index contributed by atoms with van der Waals surface area (Å²) in [5.41, 5.74) is 7.08. The molecular formula is C13H21N3O2. The summed E-state index contributed by atoms with van der Waals surface area (Å²) >= 11 is 0. The minimum atomic E-state index is 0.0597. The molecule has 0 aliphatic carbocycles. The van der Waals surface area contributed by atoms with Crippen LogP contribution in [-0.4, -0.2) is 37.6 Å². The Balaban J connectivity index is 2.68. The van der Waals surface area contributed by atoms with Crippen molar-refractivity contribution >= 4 is 17.3 Å². The third-order valence-electron chi connectivity index (χ3n) is 2.77. The number of carbonyl (C=O) groups is 1. The van der Waals surface area contributed by atoms with E-state index >= 15 is 0 Å². The third kappa shape index (κ3) is 3.55. The van der Waals surface area contributed by atoms with Gasteiger partial charge in [0.2, 0.25) is 5.91 Å². The van der Waals surface area contributed by atoms with Gasteiger partial charge in [0, 0.05) is 18.8 Å². The first-order valence-electron chi connectivity index (χ1n) is 6.07. The number of likely N-dealkylation sites (N-methyl/N-ethyl adjacent to an activating group) is 1. The number of anilines is 2. The van der Waals surface area contributed by atoms with Gasteiger partial charge in [-0.05, 0) is 32.0 Å². The molecule has 0 spiro atoms. The Hall–Kier alpha value is -1.91. The zero-order chi connectivity index (χ0) is 13.5. The monoisotopic (exact) mass is 251 g/mol. The number of carbonyl (C=O) groups excluding carboxylic acids is 1. The maximum Gasteiger partial charge on any atom is 0.241 e. The number of methoxy groups -OCH3 is 1. The van der Waals surface area contributed by atoms with E-state index in [4.69, 9.17) is 10.5 Å². The summed E-state index contributed by atoms with van der Waals surface area (Å²) < 4.78 is 5.20. The average Bonchev–Trinajstić information content (AvgIpc) is 2.38. The Labute approximate surface area is 108 Å². The smallest absolute Gasteiger partial charge is 0.241 e. The first kappa shape index (κ1) is 14.2. The summed E-state index contributed by atoms with van der Waals surface area (Å²) in [5, 5.41) is 3.06. The molecule has 5 heteroatoms. The van der Waals surface area contributed by atoms with Gasteiger partial charge < -0.3 is 20.7 Å². The molecule has 0 fully saturated rings. The molecule has 1 aromatic rings. The standard InChI is InChI=1S/C13H21N3O2/c1-4-16(5-2)13(17)9-15-11-8-10(14)6-7-12(11)18-3/h6-8,15H,4-5,9,14H2,1-3H3. The van der Waals surface area contributed by atoms with Crippen molar-refractivity contribution in [2.24, 2.45) is 0 Å². The second-order valence-electron chi connectivity index (χ2n) is 3.88. The molecule has 0 saturated carbocycles. The number of ether oxygens (including phenoxy) is 1. The minimum absolute atomic E-state index is 0.0597. The van der Waals surface area contributed by atoms with E-state index in [0.717, 1.165) is 5.69 Å². The minimum Gasteiger partial charge on any atom is -0.495 e. The van der Waals surface area contributed by atoms with Crippen LogP contribution in [0.2, 0.25) is 0 Å². The lowest BCUT2D eigenvalue weighted by atomic mass is 10.2. The lowest BCUT2D eigenvalue weighted by Crippen LogP contribution is -2.35. The van der Waals surface area contributed by atoms with Gasteiger partial charge in [0.1, 0.15) is 5.75 Å². The van der Waals surface area contributed by atoms with Crippen LogP contribution in [0.15, 0.2) is 18.2 Å². The number of rotatable bonds is 6. The summed E-state index contributed by atoms with van der Waals surface area (Å²) in [6.07, 6.45) is 0. The maximum atomic E-state index is 11.9. The summed E-state index contributed by atoms with van der Waals surface area (Å²) in [7, 11) is 1.59. The lowest BCUT2D eigenvalue weighted by Gasteiger charge is -2.19. The van der Waals surface area contributed by atoms with Gasteiger partial charge in [-0.15, -0.1) is 0 Å². The predicted octanol–water partition coefficient (Wildman–Crippen LogP) is 1.56. The van der Waals surface area contributed by atoms with Crippen LogP contribution in [0.25, 0.3) is 0 Å². The fourth-order valence-corrected chi connectivity index (χ4v) is 1.72. The number of hydrogen-bond donors (Lipinski definition) is 2. The van der Waals surface area contributed by atoms with Crippen molar-refractivity contribution in [3.05, 3.63) is 18.2 Å². The SMILES string of the molecule is CCN(CC)C(=O)CNc1cc(N)ccc1OC. The fraction of sp³-hybridized carbons (Fsp3) is 0.462. The van der Waals surface area contributed by atoms with Gasteiger partial charge >= 0.3 is 0 Å². The Morgan fingerprint density at radius 1 is 1.39 bits per heavy atom. The fourth-order valence-electron chi connectivity index (χ4n) is 1.72. The Morgan fingerprint density at radius 2 is 2.06 bits per heavy atom. The van der Waals surface area contributed by atoms with Gasteiger partial charge in [0.25, 0.3) is 0 Å². The third-order valence-corrected chi connectivity index (χ3v) is 2.77. The molecule has 0 aliphatic rings. The molecule has 1 rings (SSSR count). The molecule has 3 N–H and O–H groups in total. The zero-order valence-electron chi connectivity index (χ0n) is 11.2. The topological polar surface area (TPSA) is 67.6 Å². The van der Waals surface area contributed by atoms with Gasteiger partial charge in [-0.1, -0.05) is 0 Å². The number of nitrogens with two attached hydrogens (primary N) is 1. The summed E-state index contributed by atoms with van der Waals surface area (Å²) in [6.45, 7) is 5.59. The molecular weight excluding hydrogens is 230 g/mol. The van der Waals surface area contributed by atoms with Crippen LogP contribution in [0, 0.1) is 0 Å². The summed E-state index contributed by atoms with van der Waals surface area (Å²) in [5.74, 6) is 0.737. The van der Waals surface area contributed by atoms with Crippen LogP contribution in [0.5, 0.6) is 5.75 Å². The molecule has 0 bridgehead atoms. The maximum absolute atomic E-state index is 11.9. The summed E-state index contributed by atoms with van der Waals surface area (Å²) in [4.78, 5) is 13.6. The highest BCUT2D eigenvalue weighted by Gasteiger charge is 2.10. The van der Waals surface area contributed by atoms with Crippen LogP contribution in [0.1, 0.15) is 13.8 Å². The van der Waals surface area contributed by atoms with Crippen molar-refractivity contribution in [1.29, 1.82) is 0 Å². The van der Waals surface area contributed by atoms with E-state index < -0.39 is 0 Å². The molecule has 100 valence electrons. The van der Waals surface area contributed by atoms with E-state index in [1.807, 2.05) is 13.8 Å². The molecule has 0 saturated heterocycles. The number of nitrogens with zero attached hydrogens (tertiary/aromatic N) is 1. The lowest BCUT2D eigenvalue weighted by molar-refractivity contribution is -0.128.